The third-order valence-electron chi connectivity index (χ3n) is 2.11. The summed E-state index contributed by atoms with van der Waals surface area (Å²) in [6.45, 7) is 7.97. The van der Waals surface area contributed by atoms with Crippen molar-refractivity contribution in [3.63, 3.8) is 0 Å². The Bertz CT molecular complexity index is 549. The van der Waals surface area contributed by atoms with Crippen molar-refractivity contribution in [1.82, 2.24) is 5.32 Å². The van der Waals surface area contributed by atoms with Gasteiger partial charge >= 0.3 is 0 Å². The summed E-state index contributed by atoms with van der Waals surface area (Å²) in [5.74, 6) is -1.24. The minimum absolute atomic E-state index is 0.0973. The number of carbonyl (C=O) groups excluding carboxylic acids is 1. The number of phenolic OH excluding ortho intramolecular Hbond substituents is 1. The molecule has 0 aliphatic carbocycles. The molecule has 1 aromatic rings. The van der Waals surface area contributed by atoms with E-state index in [1.165, 1.54) is 25.1 Å². The summed E-state index contributed by atoms with van der Waals surface area (Å²) in [6, 6.07) is 3.84. The first kappa shape index (κ1) is 14.4. The van der Waals surface area contributed by atoms with E-state index in [9.17, 15) is 14.3 Å². The van der Waals surface area contributed by atoms with Crippen LogP contribution in [0.2, 0.25) is 0 Å². The van der Waals surface area contributed by atoms with Crippen LogP contribution in [0.3, 0.4) is 0 Å². The minimum atomic E-state index is -1.17. The fraction of sp³-hybridized carbons (Fsp3) is 0.250. The van der Waals surface area contributed by atoms with Crippen molar-refractivity contribution in [2.75, 3.05) is 6.54 Å². The van der Waals surface area contributed by atoms with Crippen molar-refractivity contribution in [3.05, 3.63) is 35.2 Å². The van der Waals surface area contributed by atoms with E-state index in [0.717, 1.165) is 0 Å². The number of aromatic hydroxyl groups is 1. The average Bonchev–Trinajstić information content (AvgIpc) is 2.36. The average molecular weight is 264 g/mol. The number of hydrogen-bond donors (Lipinski definition) is 3. The number of hydrogen-bond acceptors (Lipinski definition) is 3. The number of amides is 1. The predicted octanol–water partition coefficient (Wildman–Crippen LogP) is 1.35. The number of phenols is 1. The van der Waals surface area contributed by atoms with Gasteiger partial charge in [-0.2, -0.15) is 0 Å². The van der Waals surface area contributed by atoms with E-state index in [4.69, 9.17) is 12.3 Å². The Morgan fingerprint density at radius 1 is 1.68 bits per heavy atom. The molecule has 1 amide bonds. The third-order valence-corrected chi connectivity index (χ3v) is 2.11. The third kappa shape index (κ3) is 4.27. The summed E-state index contributed by atoms with van der Waals surface area (Å²) >= 11 is 0. The van der Waals surface area contributed by atoms with Crippen LogP contribution in [0.5, 0.6) is 5.75 Å². The highest BCUT2D eigenvalue weighted by atomic mass is 19.1. The number of guanidine groups is 1. The molecular weight excluding hydrogens is 251 g/mol. The summed E-state index contributed by atoms with van der Waals surface area (Å²) in [6.07, 6.45) is -1.17. The maximum Gasteiger partial charge on any atom is 0.260 e. The Hall–Kier alpha value is -2.62. The lowest BCUT2D eigenvalue weighted by atomic mass is 10.1. The normalized spacial score (nSPS) is 12.6. The number of nitrogens with two attached hydrogens (primary N) is 1. The number of rotatable bonds is 3. The molecule has 7 heteroatoms. The Morgan fingerprint density at radius 2 is 2.37 bits per heavy atom. The molecule has 1 atom stereocenters. The van der Waals surface area contributed by atoms with Gasteiger partial charge in [-0.05, 0) is 19.1 Å². The van der Waals surface area contributed by atoms with Crippen LogP contribution in [0.4, 0.5) is 10.1 Å². The molecule has 0 fully saturated rings. The molecule has 0 bridgehead atoms. The van der Waals surface area contributed by atoms with Gasteiger partial charge in [-0.1, -0.05) is 6.07 Å². The van der Waals surface area contributed by atoms with Crippen LogP contribution in [0.1, 0.15) is 17.3 Å². The fourth-order valence-electron chi connectivity index (χ4n) is 1.22. The number of nitrogens with one attached hydrogen (secondary N) is 1. The zero-order valence-electron chi connectivity index (χ0n) is 10.2. The number of nitrogens with zero attached hydrogens (tertiary/aromatic N) is 2. The summed E-state index contributed by atoms with van der Waals surface area (Å²) in [5, 5.41) is 11.7. The van der Waals surface area contributed by atoms with Crippen LogP contribution in [-0.2, 0) is 0 Å². The van der Waals surface area contributed by atoms with E-state index < -0.39 is 12.1 Å². The standard InChI is InChI=1S/C12H13FN4O2/c1-7(13)6-16-12(14)17-11(19)9-5-8(15-2)3-4-10(9)18/h3-5,7,18H,6H2,1H3,(H3,14,16,17,19). The van der Waals surface area contributed by atoms with Crippen LogP contribution in [0.15, 0.2) is 23.2 Å². The molecule has 1 unspecified atom stereocenters. The van der Waals surface area contributed by atoms with Crippen LogP contribution in [0.25, 0.3) is 4.85 Å². The molecule has 0 saturated carbocycles. The minimum Gasteiger partial charge on any atom is -0.507 e. The van der Waals surface area contributed by atoms with E-state index in [2.05, 4.69) is 15.2 Å². The molecule has 0 aliphatic rings. The largest absolute Gasteiger partial charge is 0.507 e. The van der Waals surface area contributed by atoms with Gasteiger partial charge in [0.1, 0.15) is 11.9 Å². The number of halogens is 1. The number of carbonyl (C=O) groups is 1. The van der Waals surface area contributed by atoms with Crippen molar-refractivity contribution in [1.29, 1.82) is 0 Å². The molecule has 0 radical (unpaired) electrons. The zero-order chi connectivity index (χ0) is 14.4. The molecule has 1 rings (SSSR count). The summed E-state index contributed by atoms with van der Waals surface area (Å²) in [4.78, 5) is 18.5. The van der Waals surface area contributed by atoms with Gasteiger partial charge in [0.15, 0.2) is 11.6 Å². The molecule has 6 nitrogen and oxygen atoms in total. The number of aliphatic imine (C=N–C) groups is 1. The van der Waals surface area contributed by atoms with Crippen LogP contribution >= 0.6 is 0 Å². The topological polar surface area (TPSA) is 92.1 Å². The Morgan fingerprint density at radius 3 is 2.95 bits per heavy atom. The molecule has 0 heterocycles. The quantitative estimate of drug-likeness (QED) is 0.437. The molecule has 1 aromatic carbocycles. The van der Waals surface area contributed by atoms with Gasteiger partial charge < -0.3 is 10.8 Å². The molecule has 0 aromatic heterocycles. The Kier molecular flexibility index (Phi) is 4.83. The first-order valence-corrected chi connectivity index (χ1v) is 5.40. The van der Waals surface area contributed by atoms with E-state index in [0.29, 0.717) is 0 Å². The second kappa shape index (κ2) is 6.35. The van der Waals surface area contributed by atoms with Gasteiger partial charge in [-0.25, -0.2) is 9.24 Å². The van der Waals surface area contributed by atoms with Gasteiger partial charge in [0, 0.05) is 0 Å². The summed E-state index contributed by atoms with van der Waals surface area (Å²) in [7, 11) is 0. The summed E-state index contributed by atoms with van der Waals surface area (Å²) < 4.78 is 12.5. The van der Waals surface area contributed by atoms with Gasteiger partial charge in [0.2, 0.25) is 0 Å². The van der Waals surface area contributed by atoms with Crippen molar-refractivity contribution < 1.29 is 14.3 Å². The Labute approximate surface area is 109 Å². The number of benzene rings is 1. The van der Waals surface area contributed by atoms with Crippen molar-refractivity contribution in [3.8, 4) is 5.75 Å². The highest BCUT2D eigenvalue weighted by Gasteiger charge is 2.12. The van der Waals surface area contributed by atoms with Crippen LogP contribution in [0, 0.1) is 6.57 Å². The Balaban J connectivity index is 2.84. The second-order valence-electron chi connectivity index (χ2n) is 3.77. The molecule has 0 saturated heterocycles. The van der Waals surface area contributed by atoms with E-state index in [-0.39, 0.29) is 29.5 Å². The van der Waals surface area contributed by atoms with Gasteiger partial charge in [0.25, 0.3) is 5.91 Å². The number of alkyl halides is 1. The lowest BCUT2D eigenvalue weighted by Crippen LogP contribution is -2.37. The van der Waals surface area contributed by atoms with E-state index >= 15 is 0 Å². The molecule has 0 aliphatic heterocycles. The van der Waals surface area contributed by atoms with Gasteiger partial charge in [-0.3, -0.25) is 15.1 Å². The zero-order valence-corrected chi connectivity index (χ0v) is 10.2. The lowest BCUT2D eigenvalue weighted by Gasteiger charge is -2.07. The van der Waals surface area contributed by atoms with Crippen molar-refractivity contribution in [2.24, 2.45) is 10.7 Å². The van der Waals surface area contributed by atoms with E-state index in [1.54, 1.807) is 0 Å². The van der Waals surface area contributed by atoms with Crippen molar-refractivity contribution in [2.45, 2.75) is 13.1 Å². The van der Waals surface area contributed by atoms with E-state index in [1.807, 2.05) is 0 Å². The first-order chi connectivity index (χ1) is 8.93. The van der Waals surface area contributed by atoms with Crippen LogP contribution in [-0.4, -0.2) is 29.7 Å². The lowest BCUT2D eigenvalue weighted by molar-refractivity contribution is 0.0974. The van der Waals surface area contributed by atoms with Crippen LogP contribution < -0.4 is 11.1 Å². The molecule has 0 spiro atoms. The fourth-order valence-corrected chi connectivity index (χ4v) is 1.22. The molecule has 100 valence electrons. The smallest absolute Gasteiger partial charge is 0.260 e. The monoisotopic (exact) mass is 264 g/mol. The SMILES string of the molecule is [C-]#[N+]c1ccc(O)c(C(=O)NC(N)=NCC(C)F)c1. The molecule has 4 N–H and O–H groups in total. The second-order valence-corrected chi connectivity index (χ2v) is 3.77. The predicted molar refractivity (Wildman–Crippen MR) is 68.9 cm³/mol. The maximum absolute atomic E-state index is 12.5. The summed E-state index contributed by atoms with van der Waals surface area (Å²) in [5.41, 5.74) is 5.50. The maximum atomic E-state index is 12.5. The van der Waals surface area contributed by atoms with Gasteiger partial charge in [-0.15, -0.1) is 0 Å². The highest BCUT2D eigenvalue weighted by molar-refractivity contribution is 6.07. The first-order valence-electron chi connectivity index (χ1n) is 5.40. The highest BCUT2D eigenvalue weighted by Crippen LogP contribution is 2.23. The molecule has 19 heavy (non-hydrogen) atoms. The van der Waals surface area contributed by atoms with Gasteiger partial charge in [0.05, 0.1) is 18.7 Å². The molecular formula is C12H13FN4O2. The van der Waals surface area contributed by atoms with Crippen molar-refractivity contribution >= 4 is 17.6 Å².